The molecule has 0 unspecified atom stereocenters. The zero-order chi connectivity index (χ0) is 16.4. The average Bonchev–Trinajstić information content (AvgIpc) is 2.61. The highest BCUT2D eigenvalue weighted by Crippen LogP contribution is 2.46. The van der Waals surface area contributed by atoms with Crippen molar-refractivity contribution in [2.45, 2.75) is 25.9 Å². The van der Waals surface area contributed by atoms with Crippen LogP contribution in [-0.2, 0) is 4.79 Å². The fourth-order valence-electron chi connectivity index (χ4n) is 3.64. The smallest absolute Gasteiger partial charge is 0.143 e. The lowest BCUT2D eigenvalue weighted by atomic mass is 9.75. The van der Waals surface area contributed by atoms with Gasteiger partial charge in [-0.1, -0.05) is 74.5 Å². The second kappa shape index (κ2) is 6.32. The summed E-state index contributed by atoms with van der Waals surface area (Å²) in [6.07, 6.45) is 0. The Hall–Kier alpha value is -2.49. The third-order valence-electron chi connectivity index (χ3n) is 4.79. The number of nitroso groups, excluding NO2 is 1. The number of nitrogens with zero attached hydrogens (tertiary/aromatic N) is 2. The Bertz CT molecular complexity index is 632. The van der Waals surface area contributed by atoms with E-state index < -0.39 is 0 Å². The van der Waals surface area contributed by atoms with E-state index in [1.165, 1.54) is 0 Å². The van der Waals surface area contributed by atoms with Crippen LogP contribution in [0.2, 0.25) is 0 Å². The molecular formula is C19H20N2O2. The van der Waals surface area contributed by atoms with Crippen molar-refractivity contribution < 1.29 is 4.79 Å². The van der Waals surface area contributed by atoms with Crippen molar-refractivity contribution in [2.75, 3.05) is 0 Å². The zero-order valence-corrected chi connectivity index (χ0v) is 13.3. The molecule has 4 nitrogen and oxygen atoms in total. The standard InChI is InChI=1S/C19H20N2O2/c1-13-17(15-9-5-3-6-10-15)21(20-23)18(14(2)19(13)22)16-11-7-4-8-12-16/h3-14,17-18H,1-2H3/t13-,14+,17-,18+. The van der Waals surface area contributed by atoms with E-state index in [9.17, 15) is 9.70 Å². The van der Waals surface area contributed by atoms with Gasteiger partial charge in [-0.05, 0) is 11.1 Å². The zero-order valence-electron chi connectivity index (χ0n) is 13.3. The van der Waals surface area contributed by atoms with Crippen LogP contribution in [0.3, 0.4) is 0 Å². The third-order valence-corrected chi connectivity index (χ3v) is 4.79. The maximum atomic E-state index is 12.8. The van der Waals surface area contributed by atoms with Gasteiger partial charge in [0.2, 0.25) is 0 Å². The summed E-state index contributed by atoms with van der Waals surface area (Å²) in [5.74, 6) is -0.372. The maximum Gasteiger partial charge on any atom is 0.143 e. The summed E-state index contributed by atoms with van der Waals surface area (Å²) in [6, 6.07) is 18.7. The highest BCUT2D eigenvalue weighted by atomic mass is 16.3. The second-order valence-electron chi connectivity index (χ2n) is 6.15. The number of piperidine rings is 1. The molecule has 3 rings (SSSR count). The van der Waals surface area contributed by atoms with Crippen LogP contribution in [0.15, 0.2) is 65.9 Å². The van der Waals surface area contributed by atoms with Gasteiger partial charge in [0.15, 0.2) is 0 Å². The second-order valence-corrected chi connectivity index (χ2v) is 6.15. The number of hydrogen-bond acceptors (Lipinski definition) is 3. The molecule has 1 fully saturated rings. The van der Waals surface area contributed by atoms with Crippen LogP contribution in [0.4, 0.5) is 0 Å². The van der Waals surface area contributed by atoms with Crippen LogP contribution < -0.4 is 0 Å². The largest absolute Gasteiger partial charge is 0.299 e. The van der Waals surface area contributed by atoms with Crippen molar-refractivity contribution >= 4 is 5.78 Å². The van der Waals surface area contributed by atoms with Crippen LogP contribution in [0, 0.1) is 16.7 Å². The number of carbonyl (C=O) groups excluding carboxylic acids is 1. The van der Waals surface area contributed by atoms with E-state index >= 15 is 0 Å². The Labute approximate surface area is 136 Å². The van der Waals surface area contributed by atoms with Crippen molar-refractivity contribution in [1.29, 1.82) is 0 Å². The van der Waals surface area contributed by atoms with E-state index in [4.69, 9.17) is 0 Å². The summed E-state index contributed by atoms with van der Waals surface area (Å²) in [6.45, 7) is 3.77. The number of benzene rings is 2. The molecule has 1 heterocycles. The SMILES string of the molecule is C[C@@H]1C(=O)[C@H](C)[C@H](c2ccccc2)N(N=O)[C@@H]1c1ccccc1. The first-order valence-electron chi connectivity index (χ1n) is 7.90. The number of hydrogen-bond donors (Lipinski definition) is 0. The predicted octanol–water partition coefficient (Wildman–Crippen LogP) is 4.31. The van der Waals surface area contributed by atoms with Crippen molar-refractivity contribution in [2.24, 2.45) is 17.1 Å². The predicted molar refractivity (Wildman–Crippen MR) is 89.3 cm³/mol. The monoisotopic (exact) mass is 308 g/mol. The van der Waals surface area contributed by atoms with Gasteiger partial charge in [0, 0.05) is 11.8 Å². The van der Waals surface area contributed by atoms with Crippen molar-refractivity contribution in [3.63, 3.8) is 0 Å². The van der Waals surface area contributed by atoms with Crippen LogP contribution >= 0.6 is 0 Å². The van der Waals surface area contributed by atoms with E-state index in [0.29, 0.717) is 0 Å². The number of carbonyl (C=O) groups is 1. The molecule has 0 saturated carbocycles. The average molecular weight is 308 g/mol. The van der Waals surface area contributed by atoms with Crippen molar-refractivity contribution in [3.05, 3.63) is 76.7 Å². The molecule has 4 heteroatoms. The van der Waals surface area contributed by atoms with E-state index in [1.807, 2.05) is 74.5 Å². The molecule has 2 aromatic rings. The Kier molecular flexibility index (Phi) is 4.24. The van der Waals surface area contributed by atoms with Gasteiger partial charge >= 0.3 is 0 Å². The van der Waals surface area contributed by atoms with E-state index in [2.05, 4.69) is 5.29 Å². The molecule has 0 aliphatic carbocycles. The molecule has 4 atom stereocenters. The van der Waals surface area contributed by atoms with Gasteiger partial charge in [0.1, 0.15) is 5.78 Å². The van der Waals surface area contributed by atoms with Gasteiger partial charge in [0.25, 0.3) is 0 Å². The minimum atomic E-state index is -0.331. The first kappa shape index (κ1) is 15.4. The van der Waals surface area contributed by atoms with Gasteiger partial charge in [0.05, 0.1) is 17.4 Å². The number of rotatable bonds is 3. The molecule has 1 aliphatic rings. The fraction of sp³-hybridized carbons (Fsp3) is 0.316. The third kappa shape index (κ3) is 2.65. The van der Waals surface area contributed by atoms with Crippen LogP contribution in [0.1, 0.15) is 37.1 Å². The lowest BCUT2D eigenvalue weighted by Crippen LogP contribution is -2.46. The Morgan fingerprint density at radius 1 is 0.783 bits per heavy atom. The highest BCUT2D eigenvalue weighted by molar-refractivity contribution is 5.85. The van der Waals surface area contributed by atoms with Crippen LogP contribution in [-0.4, -0.2) is 10.8 Å². The summed E-state index contributed by atoms with van der Waals surface area (Å²) in [5.41, 5.74) is 1.89. The molecule has 0 amide bonds. The van der Waals surface area contributed by atoms with Gasteiger partial charge in [-0.2, -0.15) is 0 Å². The van der Waals surface area contributed by atoms with Gasteiger partial charge in [-0.3, -0.25) is 4.79 Å². The maximum absolute atomic E-state index is 12.8. The molecule has 0 spiro atoms. The van der Waals surface area contributed by atoms with Crippen molar-refractivity contribution in [1.82, 2.24) is 5.01 Å². The topological polar surface area (TPSA) is 49.7 Å². The molecule has 23 heavy (non-hydrogen) atoms. The Morgan fingerprint density at radius 3 is 1.52 bits per heavy atom. The summed E-state index contributed by atoms with van der Waals surface area (Å²) in [4.78, 5) is 24.5. The quantitative estimate of drug-likeness (QED) is 0.794. The normalized spacial score (nSPS) is 27.7. The molecule has 2 aromatic carbocycles. The van der Waals surface area contributed by atoms with Crippen LogP contribution in [0.25, 0.3) is 0 Å². The summed E-state index contributed by atoms with van der Waals surface area (Å²) >= 11 is 0. The van der Waals surface area contributed by atoms with Crippen molar-refractivity contribution in [3.8, 4) is 0 Å². The molecule has 118 valence electrons. The summed E-state index contributed by atoms with van der Waals surface area (Å²) in [7, 11) is 0. The molecule has 1 aliphatic heterocycles. The molecule has 0 bridgehead atoms. The summed E-state index contributed by atoms with van der Waals surface area (Å²) < 4.78 is 0. The lowest BCUT2D eigenvalue weighted by Gasteiger charge is -2.44. The molecule has 0 N–H and O–H groups in total. The molecule has 0 radical (unpaired) electrons. The first-order valence-corrected chi connectivity index (χ1v) is 7.90. The Morgan fingerprint density at radius 2 is 1.17 bits per heavy atom. The van der Waals surface area contributed by atoms with Gasteiger partial charge in [-0.25, -0.2) is 5.01 Å². The minimum Gasteiger partial charge on any atom is -0.299 e. The number of Topliss-reactive ketones (excluding diaryl/α,β-unsaturated/α-hetero) is 1. The number of ketones is 1. The first-order chi connectivity index (χ1) is 11.1. The van der Waals surface area contributed by atoms with Gasteiger partial charge in [-0.15, -0.1) is 4.91 Å². The van der Waals surface area contributed by atoms with Crippen LogP contribution in [0.5, 0.6) is 0 Å². The molecule has 0 aromatic heterocycles. The molecule has 1 saturated heterocycles. The summed E-state index contributed by atoms with van der Waals surface area (Å²) in [5, 5.41) is 4.90. The van der Waals surface area contributed by atoms with E-state index in [1.54, 1.807) is 5.01 Å². The van der Waals surface area contributed by atoms with E-state index in [-0.39, 0.29) is 29.7 Å². The fourth-order valence-corrected chi connectivity index (χ4v) is 3.64. The lowest BCUT2D eigenvalue weighted by molar-refractivity contribution is -0.138. The Balaban J connectivity index is 2.09. The molecular weight excluding hydrogens is 288 g/mol. The van der Waals surface area contributed by atoms with E-state index in [0.717, 1.165) is 11.1 Å². The highest BCUT2D eigenvalue weighted by Gasteiger charge is 2.46. The minimum absolute atomic E-state index is 0.174. The van der Waals surface area contributed by atoms with Gasteiger partial charge < -0.3 is 0 Å².